The number of H-pyrrole nitrogens is 1. The molecule has 4 heterocycles. The molecule has 0 radical (unpaired) electrons. The number of carbonyl (C=O) groups excluding carboxylic acids is 1. The van der Waals surface area contributed by atoms with Crippen LogP contribution in [0, 0.1) is 10.8 Å². The van der Waals surface area contributed by atoms with Crippen LogP contribution in [-0.4, -0.2) is 76.4 Å². The van der Waals surface area contributed by atoms with E-state index in [1.807, 2.05) is 53.2 Å². The highest BCUT2D eigenvalue weighted by molar-refractivity contribution is 5.81. The second-order valence-electron chi connectivity index (χ2n) is 11.8. The van der Waals surface area contributed by atoms with Gasteiger partial charge in [-0.3, -0.25) is 15.1 Å². The molecule has 0 aliphatic carbocycles. The van der Waals surface area contributed by atoms with Gasteiger partial charge >= 0.3 is 0 Å². The van der Waals surface area contributed by atoms with Crippen molar-refractivity contribution in [2.75, 3.05) is 26.2 Å². The highest BCUT2D eigenvalue weighted by atomic mass is 16.2. The lowest BCUT2D eigenvalue weighted by Gasteiger charge is -2.43. The molecule has 1 aliphatic heterocycles. The van der Waals surface area contributed by atoms with Gasteiger partial charge in [-0.1, -0.05) is 86.6 Å². The van der Waals surface area contributed by atoms with Crippen LogP contribution in [0.4, 0.5) is 0 Å². The smallest absolute Gasteiger partial charge is 0.228 e. The number of rotatable bonds is 7. The van der Waals surface area contributed by atoms with Gasteiger partial charge in [0.05, 0.1) is 37.5 Å². The number of piperazine rings is 1. The molecule has 3 aromatic heterocycles. The zero-order valence-corrected chi connectivity index (χ0v) is 24.2. The van der Waals surface area contributed by atoms with E-state index in [1.54, 1.807) is 12.7 Å². The number of nitrogens with zero attached hydrogens (tertiary/aromatic N) is 8. The zero-order chi connectivity index (χ0) is 29.3. The Morgan fingerprint density at radius 2 is 1.57 bits per heavy atom. The van der Waals surface area contributed by atoms with Gasteiger partial charge in [0.25, 0.3) is 0 Å². The third-order valence-electron chi connectivity index (χ3n) is 7.85. The molecule has 216 valence electrons. The van der Waals surface area contributed by atoms with Crippen molar-refractivity contribution in [1.29, 1.82) is 5.41 Å². The summed E-state index contributed by atoms with van der Waals surface area (Å²) in [6.07, 6.45) is 5.18. The summed E-state index contributed by atoms with van der Waals surface area (Å²) in [4.78, 5) is 29.1. The van der Waals surface area contributed by atoms with Gasteiger partial charge in [0.15, 0.2) is 11.1 Å². The molecule has 1 saturated heterocycles. The predicted octanol–water partition coefficient (Wildman–Crippen LogP) is 3.40. The van der Waals surface area contributed by atoms with Crippen molar-refractivity contribution in [1.82, 2.24) is 44.3 Å². The number of amides is 1. The van der Waals surface area contributed by atoms with Crippen molar-refractivity contribution in [3.8, 4) is 0 Å². The molecule has 11 heteroatoms. The summed E-state index contributed by atoms with van der Waals surface area (Å²) >= 11 is 0. The van der Waals surface area contributed by atoms with Gasteiger partial charge in [0.2, 0.25) is 5.91 Å². The first-order chi connectivity index (χ1) is 20.3. The minimum Gasteiger partial charge on any atom is -0.340 e. The maximum Gasteiger partial charge on any atom is 0.228 e. The lowest BCUT2D eigenvalue weighted by atomic mass is 9.91. The minimum atomic E-state index is -0.402. The molecule has 2 unspecified atom stereocenters. The Labute approximate surface area is 244 Å². The number of imidazole rings is 1. The van der Waals surface area contributed by atoms with Gasteiger partial charge in [0, 0.05) is 31.6 Å². The average molecular weight is 565 g/mol. The van der Waals surface area contributed by atoms with Crippen LogP contribution in [0.15, 0.2) is 79.5 Å². The number of fused-ring (bicyclic) bond motifs is 1. The topological polar surface area (TPSA) is 125 Å². The first-order valence-corrected chi connectivity index (χ1v) is 14.3. The molecule has 6 rings (SSSR count). The molecular weight excluding hydrogens is 528 g/mol. The van der Waals surface area contributed by atoms with Crippen molar-refractivity contribution < 1.29 is 4.79 Å². The number of hydrogen-bond acceptors (Lipinski definition) is 7. The molecule has 2 atom stereocenters. The van der Waals surface area contributed by atoms with E-state index in [0.717, 1.165) is 24.3 Å². The fourth-order valence-corrected chi connectivity index (χ4v) is 5.79. The van der Waals surface area contributed by atoms with Crippen molar-refractivity contribution in [3.05, 3.63) is 102 Å². The van der Waals surface area contributed by atoms with Crippen LogP contribution in [0.3, 0.4) is 0 Å². The van der Waals surface area contributed by atoms with Gasteiger partial charge < -0.3 is 14.5 Å². The molecule has 5 aromatic rings. The maximum absolute atomic E-state index is 13.0. The number of nitrogens with one attached hydrogen (secondary N) is 2. The molecule has 1 aliphatic rings. The number of aromatic amines is 1. The highest BCUT2D eigenvalue weighted by Crippen LogP contribution is 2.38. The standard InChI is InChI=1S/C31H36N10O/c1-31(2,3)30(42)39-16-14-38(15-17-39)26(22-10-6-4-7-11-22)27(23-12-8-5-9-13-23)41-19-24(36-37-41)18-40-21-35-28(32)25-29(40)34-20-33-25/h4-13,19-21,26-27,32H,14-18H2,1-3H3,(H,33,34). The fourth-order valence-electron chi connectivity index (χ4n) is 5.79. The molecule has 2 N–H and O–H groups in total. The van der Waals surface area contributed by atoms with Gasteiger partial charge in [-0.25, -0.2) is 14.6 Å². The van der Waals surface area contributed by atoms with Crippen molar-refractivity contribution >= 4 is 17.1 Å². The molecule has 11 nitrogen and oxygen atoms in total. The van der Waals surface area contributed by atoms with Crippen molar-refractivity contribution in [2.24, 2.45) is 5.41 Å². The molecule has 2 aromatic carbocycles. The van der Waals surface area contributed by atoms with E-state index in [0.29, 0.717) is 30.8 Å². The Balaban J connectivity index is 1.36. The largest absolute Gasteiger partial charge is 0.340 e. The van der Waals surface area contributed by atoms with Crippen molar-refractivity contribution in [2.45, 2.75) is 39.4 Å². The van der Waals surface area contributed by atoms with Crippen LogP contribution >= 0.6 is 0 Å². The predicted molar refractivity (Wildman–Crippen MR) is 158 cm³/mol. The summed E-state index contributed by atoms with van der Waals surface area (Å²) in [6, 6.07) is 20.7. The summed E-state index contributed by atoms with van der Waals surface area (Å²) < 4.78 is 3.83. The minimum absolute atomic E-state index is 0.0370. The van der Waals surface area contributed by atoms with E-state index in [1.165, 1.54) is 5.56 Å². The molecule has 0 bridgehead atoms. The normalized spacial score (nSPS) is 16.0. The van der Waals surface area contributed by atoms with E-state index in [4.69, 9.17) is 5.41 Å². The number of benzene rings is 2. The first kappa shape index (κ1) is 27.5. The third-order valence-corrected chi connectivity index (χ3v) is 7.85. The molecule has 0 saturated carbocycles. The lowest BCUT2D eigenvalue weighted by molar-refractivity contribution is -0.141. The Bertz CT molecular complexity index is 1710. The van der Waals surface area contributed by atoms with Crippen LogP contribution < -0.4 is 5.49 Å². The molecule has 0 spiro atoms. The molecule has 1 amide bonds. The van der Waals surface area contributed by atoms with Crippen LogP contribution in [0.25, 0.3) is 11.2 Å². The Morgan fingerprint density at radius 1 is 0.929 bits per heavy atom. The van der Waals surface area contributed by atoms with Crippen LogP contribution in [0.2, 0.25) is 0 Å². The quantitative estimate of drug-likeness (QED) is 0.312. The van der Waals surface area contributed by atoms with Gasteiger partial charge in [-0.05, 0) is 11.1 Å². The van der Waals surface area contributed by atoms with Crippen LogP contribution in [0.5, 0.6) is 0 Å². The zero-order valence-electron chi connectivity index (χ0n) is 24.2. The average Bonchev–Trinajstić information content (AvgIpc) is 3.68. The Kier molecular flexibility index (Phi) is 7.42. The van der Waals surface area contributed by atoms with Gasteiger partial charge in [0.1, 0.15) is 11.2 Å². The number of hydrogen-bond donors (Lipinski definition) is 2. The summed E-state index contributed by atoms with van der Waals surface area (Å²) in [5, 5.41) is 17.3. The summed E-state index contributed by atoms with van der Waals surface area (Å²) in [7, 11) is 0. The number of carbonyl (C=O) groups is 1. The first-order valence-electron chi connectivity index (χ1n) is 14.3. The summed E-state index contributed by atoms with van der Waals surface area (Å²) in [5.74, 6) is 0.190. The van der Waals surface area contributed by atoms with E-state index in [-0.39, 0.29) is 23.5 Å². The van der Waals surface area contributed by atoms with Gasteiger partial charge in [-0.2, -0.15) is 0 Å². The second-order valence-corrected chi connectivity index (χ2v) is 11.8. The Morgan fingerprint density at radius 3 is 2.21 bits per heavy atom. The number of aromatic nitrogens is 7. The van der Waals surface area contributed by atoms with Crippen LogP contribution in [-0.2, 0) is 11.3 Å². The van der Waals surface area contributed by atoms with Crippen LogP contribution in [0.1, 0.15) is 49.7 Å². The van der Waals surface area contributed by atoms with E-state index in [2.05, 4.69) is 78.7 Å². The molecule has 42 heavy (non-hydrogen) atoms. The third kappa shape index (κ3) is 5.47. The monoisotopic (exact) mass is 564 g/mol. The van der Waals surface area contributed by atoms with Gasteiger partial charge in [-0.15, -0.1) is 5.10 Å². The Hall–Kier alpha value is -4.64. The molecule has 1 fully saturated rings. The van der Waals surface area contributed by atoms with E-state index < -0.39 is 5.41 Å². The van der Waals surface area contributed by atoms with Crippen molar-refractivity contribution in [3.63, 3.8) is 0 Å². The SMILES string of the molecule is CC(C)(C)C(=O)N1CCN(C(c2ccccc2)C(c2ccccc2)n2cc(Cn3cnc(=N)c4[nH]cnc43)nn2)CC1. The summed E-state index contributed by atoms with van der Waals surface area (Å²) in [5.41, 5.74) is 4.05. The fraction of sp³-hybridized carbons (Fsp3) is 0.355. The highest BCUT2D eigenvalue weighted by Gasteiger charge is 2.36. The second kappa shape index (κ2) is 11.3. The lowest BCUT2D eigenvalue weighted by Crippen LogP contribution is -2.53. The van der Waals surface area contributed by atoms with E-state index in [9.17, 15) is 4.79 Å². The molecular formula is C31H36N10O. The van der Waals surface area contributed by atoms with E-state index >= 15 is 0 Å². The summed E-state index contributed by atoms with van der Waals surface area (Å²) in [6.45, 7) is 9.23. The maximum atomic E-state index is 13.0.